The first-order chi connectivity index (χ1) is 8.63. The molecule has 0 amide bonds. The Labute approximate surface area is 106 Å². The molecule has 2 rings (SSSR count). The second kappa shape index (κ2) is 5.14. The number of carbonyl (C=O) groups excluding carboxylic acids is 1. The molecule has 18 heavy (non-hydrogen) atoms. The molecule has 0 saturated carbocycles. The number of nitrogens with two attached hydrogens (primary N) is 1. The molecule has 2 N–H and O–H groups in total. The molecule has 4 nitrogen and oxygen atoms in total. The van der Waals surface area contributed by atoms with Crippen molar-refractivity contribution in [3.05, 3.63) is 53.1 Å². The smallest absolute Gasteiger partial charge is 0.263 e. The summed E-state index contributed by atoms with van der Waals surface area (Å²) >= 11 is 0. The van der Waals surface area contributed by atoms with Crippen LogP contribution in [0.4, 0.5) is 0 Å². The van der Waals surface area contributed by atoms with Gasteiger partial charge >= 0.3 is 0 Å². The van der Waals surface area contributed by atoms with Crippen LogP contribution in [-0.2, 0) is 6.42 Å². The van der Waals surface area contributed by atoms with Gasteiger partial charge in [-0.3, -0.25) is 9.36 Å². The first kappa shape index (κ1) is 12.5. The fourth-order valence-electron chi connectivity index (χ4n) is 1.93. The molecule has 0 radical (unpaired) electrons. The highest BCUT2D eigenvalue weighted by atomic mass is 16.2. The van der Waals surface area contributed by atoms with E-state index in [0.29, 0.717) is 18.5 Å². The molecule has 2 aromatic rings. The number of carbonyl (C=O) groups is 1. The Hall–Kier alpha value is -1.94. The van der Waals surface area contributed by atoms with E-state index in [1.54, 1.807) is 17.1 Å². The molecule has 0 atom stereocenters. The molecule has 0 saturated heterocycles. The third-order valence-electron chi connectivity index (χ3n) is 2.96. The van der Waals surface area contributed by atoms with Crippen LogP contribution in [0.3, 0.4) is 0 Å². The first-order valence-corrected chi connectivity index (χ1v) is 5.96. The molecule has 0 unspecified atom stereocenters. The van der Waals surface area contributed by atoms with E-state index >= 15 is 0 Å². The van der Waals surface area contributed by atoms with Gasteiger partial charge in [0.25, 0.3) is 5.91 Å². The molecule has 94 valence electrons. The van der Waals surface area contributed by atoms with Crippen LogP contribution in [0.25, 0.3) is 0 Å². The van der Waals surface area contributed by atoms with Gasteiger partial charge in [0.1, 0.15) is 6.33 Å². The number of rotatable bonds is 3. The van der Waals surface area contributed by atoms with Crippen molar-refractivity contribution in [2.24, 2.45) is 5.73 Å². The standard InChI is InChI=1S/C14H17N3O/c1-10-3-4-11(2)13(7-10)14(18)17-9-16-8-12(17)5-6-15/h3-4,7-9H,5-6,15H2,1-2H3. The van der Waals surface area contributed by atoms with Gasteiger partial charge in [-0.05, 0) is 32.0 Å². The molecule has 0 spiro atoms. The van der Waals surface area contributed by atoms with E-state index in [2.05, 4.69) is 4.98 Å². The largest absolute Gasteiger partial charge is 0.330 e. The zero-order valence-electron chi connectivity index (χ0n) is 10.7. The van der Waals surface area contributed by atoms with Crippen LogP contribution in [0.1, 0.15) is 27.2 Å². The molecule has 1 heterocycles. The number of imidazole rings is 1. The number of hydrogen-bond donors (Lipinski definition) is 1. The second-order valence-corrected chi connectivity index (χ2v) is 4.42. The summed E-state index contributed by atoms with van der Waals surface area (Å²) < 4.78 is 1.58. The summed E-state index contributed by atoms with van der Waals surface area (Å²) in [5.74, 6) is -0.0443. The lowest BCUT2D eigenvalue weighted by Gasteiger charge is -2.09. The van der Waals surface area contributed by atoms with E-state index in [1.165, 1.54) is 0 Å². The van der Waals surface area contributed by atoms with Gasteiger partial charge in [-0.1, -0.05) is 17.7 Å². The molecular formula is C14H17N3O. The monoisotopic (exact) mass is 243 g/mol. The van der Waals surface area contributed by atoms with Gasteiger partial charge in [0.15, 0.2) is 0 Å². The zero-order chi connectivity index (χ0) is 13.1. The van der Waals surface area contributed by atoms with Crippen LogP contribution in [0.5, 0.6) is 0 Å². The van der Waals surface area contributed by atoms with Crippen molar-refractivity contribution >= 4 is 5.91 Å². The van der Waals surface area contributed by atoms with Gasteiger partial charge in [0, 0.05) is 23.9 Å². The fraction of sp³-hybridized carbons (Fsp3) is 0.286. The number of benzene rings is 1. The van der Waals surface area contributed by atoms with Crippen LogP contribution in [0.2, 0.25) is 0 Å². The molecule has 0 aliphatic heterocycles. The average Bonchev–Trinajstić information content (AvgIpc) is 2.80. The highest BCUT2D eigenvalue weighted by molar-refractivity contribution is 5.97. The van der Waals surface area contributed by atoms with Gasteiger partial charge in [-0.15, -0.1) is 0 Å². The third-order valence-corrected chi connectivity index (χ3v) is 2.96. The van der Waals surface area contributed by atoms with Crippen molar-refractivity contribution in [1.29, 1.82) is 0 Å². The van der Waals surface area contributed by atoms with Gasteiger partial charge < -0.3 is 5.73 Å². The van der Waals surface area contributed by atoms with Crippen molar-refractivity contribution in [2.75, 3.05) is 6.54 Å². The number of aromatic nitrogens is 2. The zero-order valence-corrected chi connectivity index (χ0v) is 10.7. The summed E-state index contributed by atoms with van der Waals surface area (Å²) in [7, 11) is 0. The van der Waals surface area contributed by atoms with Gasteiger partial charge in [0.2, 0.25) is 0 Å². The lowest BCUT2D eigenvalue weighted by Crippen LogP contribution is -2.17. The van der Waals surface area contributed by atoms with E-state index in [9.17, 15) is 4.79 Å². The fourth-order valence-corrected chi connectivity index (χ4v) is 1.93. The van der Waals surface area contributed by atoms with Crippen molar-refractivity contribution in [3.63, 3.8) is 0 Å². The maximum absolute atomic E-state index is 12.5. The molecule has 0 aliphatic rings. The Balaban J connectivity index is 2.41. The topological polar surface area (TPSA) is 60.9 Å². The van der Waals surface area contributed by atoms with Crippen molar-refractivity contribution in [2.45, 2.75) is 20.3 Å². The van der Waals surface area contributed by atoms with Crippen molar-refractivity contribution in [3.8, 4) is 0 Å². The van der Waals surface area contributed by atoms with Gasteiger partial charge in [-0.25, -0.2) is 4.98 Å². The third kappa shape index (κ3) is 2.33. The Morgan fingerprint density at radius 3 is 2.89 bits per heavy atom. The SMILES string of the molecule is Cc1ccc(C)c(C(=O)n2cncc2CCN)c1. The molecule has 1 aromatic carbocycles. The maximum Gasteiger partial charge on any atom is 0.263 e. The Kier molecular flexibility index (Phi) is 3.58. The predicted octanol–water partition coefficient (Wildman–Crippen LogP) is 1.69. The normalized spacial score (nSPS) is 10.6. The Morgan fingerprint density at radius 1 is 1.39 bits per heavy atom. The summed E-state index contributed by atoms with van der Waals surface area (Å²) in [6.45, 7) is 4.42. The lowest BCUT2D eigenvalue weighted by molar-refractivity contribution is 0.0956. The van der Waals surface area contributed by atoms with E-state index in [0.717, 1.165) is 16.8 Å². The Bertz CT molecular complexity index is 572. The molecule has 4 heteroatoms. The molecule has 0 bridgehead atoms. The Morgan fingerprint density at radius 2 is 2.17 bits per heavy atom. The number of aryl methyl sites for hydroxylation is 2. The summed E-state index contributed by atoms with van der Waals surface area (Å²) in [6, 6.07) is 5.87. The van der Waals surface area contributed by atoms with Crippen LogP contribution < -0.4 is 5.73 Å². The summed E-state index contributed by atoms with van der Waals surface area (Å²) in [5.41, 5.74) is 9.14. The number of hydrogen-bond acceptors (Lipinski definition) is 3. The minimum Gasteiger partial charge on any atom is -0.330 e. The summed E-state index contributed by atoms with van der Waals surface area (Å²) in [6.07, 6.45) is 3.89. The highest BCUT2D eigenvalue weighted by Gasteiger charge is 2.14. The quantitative estimate of drug-likeness (QED) is 0.892. The number of nitrogens with zero attached hydrogens (tertiary/aromatic N) is 2. The lowest BCUT2D eigenvalue weighted by atomic mass is 10.0. The van der Waals surface area contributed by atoms with Gasteiger partial charge in [-0.2, -0.15) is 0 Å². The van der Waals surface area contributed by atoms with E-state index < -0.39 is 0 Å². The minimum atomic E-state index is -0.0443. The average molecular weight is 243 g/mol. The van der Waals surface area contributed by atoms with Gasteiger partial charge in [0.05, 0.1) is 0 Å². The predicted molar refractivity (Wildman–Crippen MR) is 70.6 cm³/mol. The highest BCUT2D eigenvalue weighted by Crippen LogP contribution is 2.14. The molecule has 0 aliphatic carbocycles. The molecular weight excluding hydrogens is 226 g/mol. The van der Waals surface area contributed by atoms with Crippen LogP contribution >= 0.6 is 0 Å². The second-order valence-electron chi connectivity index (χ2n) is 4.42. The van der Waals surface area contributed by atoms with E-state index in [4.69, 9.17) is 5.73 Å². The minimum absolute atomic E-state index is 0.0443. The van der Waals surface area contributed by atoms with Crippen LogP contribution in [0, 0.1) is 13.8 Å². The summed E-state index contributed by atoms with van der Waals surface area (Å²) in [4.78, 5) is 16.5. The summed E-state index contributed by atoms with van der Waals surface area (Å²) in [5, 5.41) is 0. The van der Waals surface area contributed by atoms with Crippen molar-refractivity contribution in [1.82, 2.24) is 9.55 Å². The molecule has 1 aromatic heterocycles. The van der Waals surface area contributed by atoms with Crippen molar-refractivity contribution < 1.29 is 4.79 Å². The van der Waals surface area contributed by atoms with E-state index in [-0.39, 0.29) is 5.91 Å². The molecule has 0 fully saturated rings. The van der Waals surface area contributed by atoms with Crippen LogP contribution in [0.15, 0.2) is 30.7 Å². The first-order valence-electron chi connectivity index (χ1n) is 5.96. The van der Waals surface area contributed by atoms with Crippen LogP contribution in [-0.4, -0.2) is 22.0 Å². The van der Waals surface area contributed by atoms with E-state index in [1.807, 2.05) is 32.0 Å². The maximum atomic E-state index is 12.5.